The van der Waals surface area contributed by atoms with E-state index in [4.69, 9.17) is 4.74 Å². The van der Waals surface area contributed by atoms with Crippen LogP contribution in [0, 0.1) is 0 Å². The van der Waals surface area contributed by atoms with E-state index in [2.05, 4.69) is 21.2 Å². The van der Waals surface area contributed by atoms with Crippen LogP contribution in [0.3, 0.4) is 0 Å². The number of halogens is 1. The number of carbonyl (C=O) groups excluding carboxylic acids is 1. The second-order valence-electron chi connectivity index (χ2n) is 4.53. The Bertz CT molecular complexity index is 452. The molecule has 1 aromatic carbocycles. The van der Waals surface area contributed by atoms with Crippen molar-refractivity contribution < 1.29 is 14.6 Å². The van der Waals surface area contributed by atoms with Crippen LogP contribution in [0.25, 0.3) is 0 Å². The van der Waals surface area contributed by atoms with Gasteiger partial charge < -0.3 is 15.2 Å². The maximum Gasteiger partial charge on any atom is 0.252 e. The smallest absolute Gasteiger partial charge is 0.252 e. The Morgan fingerprint density at radius 2 is 2.33 bits per heavy atom. The zero-order valence-corrected chi connectivity index (χ0v) is 11.7. The predicted octanol–water partition coefficient (Wildman–Crippen LogP) is 1.72. The largest absolute Gasteiger partial charge is 0.385 e. The minimum Gasteiger partial charge on any atom is -0.385 e. The summed E-state index contributed by atoms with van der Waals surface area (Å²) in [7, 11) is 0. The molecule has 0 aromatic heterocycles. The molecule has 0 radical (unpaired) electrons. The Morgan fingerprint density at radius 1 is 1.61 bits per heavy atom. The fourth-order valence-corrected chi connectivity index (χ4v) is 2.44. The summed E-state index contributed by atoms with van der Waals surface area (Å²) in [6.45, 7) is 2.55. The van der Waals surface area contributed by atoms with Gasteiger partial charge in [-0.1, -0.05) is 12.1 Å². The molecule has 0 spiro atoms. The summed E-state index contributed by atoms with van der Waals surface area (Å²) >= 11 is 3.33. The number of amides is 1. The third-order valence-electron chi connectivity index (χ3n) is 3.33. The van der Waals surface area contributed by atoms with Crippen molar-refractivity contribution in [3.05, 3.63) is 34.3 Å². The molecule has 1 aromatic rings. The zero-order valence-electron chi connectivity index (χ0n) is 10.1. The summed E-state index contributed by atoms with van der Waals surface area (Å²) in [5.74, 6) is -0.199. The maximum absolute atomic E-state index is 12.0. The van der Waals surface area contributed by atoms with Crippen molar-refractivity contribution in [1.29, 1.82) is 0 Å². The molecule has 1 amide bonds. The van der Waals surface area contributed by atoms with E-state index in [0.717, 1.165) is 4.47 Å². The molecule has 18 heavy (non-hydrogen) atoms. The number of hydrogen-bond acceptors (Lipinski definition) is 3. The molecule has 5 heteroatoms. The van der Waals surface area contributed by atoms with Crippen LogP contribution in [-0.4, -0.2) is 35.9 Å². The van der Waals surface area contributed by atoms with Crippen molar-refractivity contribution >= 4 is 21.8 Å². The molecule has 4 nitrogen and oxygen atoms in total. The molecule has 0 bridgehead atoms. The molecule has 2 rings (SSSR count). The lowest BCUT2D eigenvalue weighted by molar-refractivity contribution is -0.0251. The highest BCUT2D eigenvalue weighted by Gasteiger charge is 2.39. The van der Waals surface area contributed by atoms with Gasteiger partial charge in [0.05, 0.1) is 11.7 Å². The fraction of sp³-hybridized carbons (Fsp3) is 0.462. The summed E-state index contributed by atoms with van der Waals surface area (Å²) < 4.78 is 6.06. The molecule has 1 aliphatic rings. The van der Waals surface area contributed by atoms with Gasteiger partial charge in [0.15, 0.2) is 0 Å². The second kappa shape index (κ2) is 5.38. The van der Waals surface area contributed by atoms with E-state index in [1.165, 1.54) is 0 Å². The molecule has 2 N–H and O–H groups in total. The fourth-order valence-electron chi connectivity index (χ4n) is 1.98. The first-order chi connectivity index (χ1) is 8.53. The van der Waals surface area contributed by atoms with Crippen LogP contribution in [0.5, 0.6) is 0 Å². The predicted molar refractivity (Wildman–Crippen MR) is 71.5 cm³/mol. The number of carbonyl (C=O) groups is 1. The van der Waals surface area contributed by atoms with Gasteiger partial charge >= 0.3 is 0 Å². The SMILES string of the molecule is CC1OCCC1(O)CNC(=O)c1ccccc1Br. The van der Waals surface area contributed by atoms with Gasteiger partial charge in [-0.2, -0.15) is 0 Å². The molecule has 1 aliphatic heterocycles. The topological polar surface area (TPSA) is 58.6 Å². The summed E-state index contributed by atoms with van der Waals surface area (Å²) in [5, 5.41) is 13.0. The molecule has 0 aliphatic carbocycles. The van der Waals surface area contributed by atoms with Crippen LogP contribution in [0.2, 0.25) is 0 Å². The number of nitrogens with one attached hydrogen (secondary N) is 1. The molecule has 1 saturated heterocycles. The minimum absolute atomic E-state index is 0.199. The minimum atomic E-state index is -0.961. The lowest BCUT2D eigenvalue weighted by atomic mass is 9.96. The molecular weight excluding hydrogens is 298 g/mol. The highest BCUT2D eigenvalue weighted by molar-refractivity contribution is 9.10. The second-order valence-corrected chi connectivity index (χ2v) is 5.38. The van der Waals surface area contributed by atoms with Crippen molar-refractivity contribution in [2.45, 2.75) is 25.0 Å². The summed E-state index contributed by atoms with van der Waals surface area (Å²) in [6, 6.07) is 7.19. The molecule has 98 valence electrons. The van der Waals surface area contributed by atoms with E-state index in [9.17, 15) is 9.90 Å². The first kappa shape index (κ1) is 13.5. The molecular formula is C13H16BrNO3. The first-order valence-electron chi connectivity index (χ1n) is 5.90. The van der Waals surface area contributed by atoms with Gasteiger partial charge in [-0.3, -0.25) is 4.79 Å². The first-order valence-corrected chi connectivity index (χ1v) is 6.69. The van der Waals surface area contributed by atoms with E-state index >= 15 is 0 Å². The van der Waals surface area contributed by atoms with Gasteiger partial charge in [0.2, 0.25) is 0 Å². The Kier molecular flexibility index (Phi) is 4.04. The van der Waals surface area contributed by atoms with Crippen molar-refractivity contribution in [3.8, 4) is 0 Å². The highest BCUT2D eigenvalue weighted by atomic mass is 79.9. The summed E-state index contributed by atoms with van der Waals surface area (Å²) in [5.41, 5.74) is -0.399. The molecule has 1 heterocycles. The van der Waals surface area contributed by atoms with E-state index in [0.29, 0.717) is 18.6 Å². The standard InChI is InChI=1S/C13H16BrNO3/c1-9-13(17,6-7-18-9)8-15-12(16)10-4-2-3-5-11(10)14/h2-5,9,17H,6-8H2,1H3,(H,15,16). The number of benzene rings is 1. The van der Waals surface area contributed by atoms with Crippen LogP contribution >= 0.6 is 15.9 Å². The number of rotatable bonds is 3. The zero-order chi connectivity index (χ0) is 13.2. The van der Waals surface area contributed by atoms with Gasteiger partial charge in [-0.15, -0.1) is 0 Å². The van der Waals surface area contributed by atoms with Crippen LogP contribution < -0.4 is 5.32 Å². The van der Waals surface area contributed by atoms with Gasteiger partial charge in [0.1, 0.15) is 5.60 Å². The molecule has 1 fully saturated rings. The Balaban J connectivity index is 1.99. The average Bonchev–Trinajstić information content (AvgIpc) is 2.68. The van der Waals surface area contributed by atoms with E-state index in [1.807, 2.05) is 19.1 Å². The van der Waals surface area contributed by atoms with Gasteiger partial charge in [-0.25, -0.2) is 0 Å². The van der Waals surface area contributed by atoms with Crippen LogP contribution in [0.15, 0.2) is 28.7 Å². The lowest BCUT2D eigenvalue weighted by Crippen LogP contribution is -2.47. The van der Waals surface area contributed by atoms with E-state index < -0.39 is 5.60 Å². The van der Waals surface area contributed by atoms with Crippen molar-refractivity contribution in [1.82, 2.24) is 5.32 Å². The van der Waals surface area contributed by atoms with Gasteiger partial charge in [0, 0.05) is 24.0 Å². The number of ether oxygens (including phenoxy) is 1. The molecule has 0 saturated carbocycles. The van der Waals surface area contributed by atoms with E-state index in [-0.39, 0.29) is 18.6 Å². The quantitative estimate of drug-likeness (QED) is 0.893. The third-order valence-corrected chi connectivity index (χ3v) is 4.02. The maximum atomic E-state index is 12.0. The lowest BCUT2D eigenvalue weighted by Gasteiger charge is -2.26. The van der Waals surface area contributed by atoms with Crippen molar-refractivity contribution in [2.75, 3.05) is 13.2 Å². The normalized spacial score (nSPS) is 27.2. The van der Waals surface area contributed by atoms with E-state index in [1.54, 1.807) is 12.1 Å². The third kappa shape index (κ3) is 2.74. The number of aliphatic hydroxyl groups is 1. The van der Waals surface area contributed by atoms with Crippen LogP contribution in [0.4, 0.5) is 0 Å². The Labute approximate surface area is 114 Å². The van der Waals surface area contributed by atoms with Crippen LogP contribution in [-0.2, 0) is 4.74 Å². The van der Waals surface area contributed by atoms with Gasteiger partial charge in [0.25, 0.3) is 5.91 Å². The number of hydrogen-bond donors (Lipinski definition) is 2. The monoisotopic (exact) mass is 313 g/mol. The Hall–Kier alpha value is -0.910. The van der Waals surface area contributed by atoms with Crippen LogP contribution in [0.1, 0.15) is 23.7 Å². The summed E-state index contributed by atoms with van der Waals surface area (Å²) in [4.78, 5) is 12.0. The molecule has 2 atom stereocenters. The van der Waals surface area contributed by atoms with Crippen molar-refractivity contribution in [3.63, 3.8) is 0 Å². The summed E-state index contributed by atoms with van der Waals surface area (Å²) in [6.07, 6.45) is 0.293. The molecule has 2 unspecified atom stereocenters. The van der Waals surface area contributed by atoms with Gasteiger partial charge in [-0.05, 0) is 35.0 Å². The average molecular weight is 314 g/mol. The Morgan fingerprint density at radius 3 is 2.94 bits per heavy atom. The van der Waals surface area contributed by atoms with Crippen molar-refractivity contribution in [2.24, 2.45) is 0 Å². The highest BCUT2D eigenvalue weighted by Crippen LogP contribution is 2.25.